The van der Waals surface area contributed by atoms with Crippen molar-refractivity contribution in [3.05, 3.63) is 0 Å². The molecule has 16 heavy (non-hydrogen) atoms. The third kappa shape index (κ3) is 16.4. The molecule has 1 unspecified atom stereocenters. The van der Waals surface area contributed by atoms with Gasteiger partial charge in [-0.3, -0.25) is 0 Å². The zero-order chi connectivity index (χ0) is 11.4. The molecule has 0 spiro atoms. The number of rotatable bonds is 11. The highest BCUT2D eigenvalue weighted by Crippen LogP contribution is 2.11. The lowest BCUT2D eigenvalue weighted by atomic mass is 10.1. The van der Waals surface area contributed by atoms with E-state index in [-0.39, 0.29) is 12.3 Å². The first-order chi connectivity index (χ1) is 7.27. The molecule has 0 aromatic rings. The Kier molecular flexibility index (Phi) is 17.1. The van der Waals surface area contributed by atoms with Crippen LogP contribution in [-0.4, -0.2) is 6.10 Å². The molecular formula is C14H33NO. The Balaban J connectivity index is 0. The van der Waals surface area contributed by atoms with E-state index in [1.165, 1.54) is 57.8 Å². The van der Waals surface area contributed by atoms with Crippen LogP contribution < -0.4 is 11.3 Å². The normalized spacial score (nSPS) is 12.2. The van der Waals surface area contributed by atoms with E-state index in [4.69, 9.17) is 0 Å². The Bertz CT molecular complexity index is 115. The summed E-state index contributed by atoms with van der Waals surface area (Å²) in [4.78, 5) is 0. The van der Waals surface area contributed by atoms with Gasteiger partial charge in [-0.2, -0.15) is 0 Å². The minimum atomic E-state index is -0.348. The van der Waals surface area contributed by atoms with Crippen LogP contribution in [0.4, 0.5) is 0 Å². The number of hydrogen-bond donors (Lipinski definition) is 1. The highest BCUT2D eigenvalue weighted by Gasteiger charge is 1.92. The average molecular weight is 231 g/mol. The van der Waals surface area contributed by atoms with E-state index in [0.717, 1.165) is 12.8 Å². The first kappa shape index (κ1) is 18.3. The van der Waals surface area contributed by atoms with Crippen LogP contribution in [0.1, 0.15) is 84.5 Å². The average Bonchev–Trinajstić information content (AvgIpc) is 2.20. The second-order valence-corrected chi connectivity index (χ2v) is 4.78. The molecule has 4 N–H and O–H groups in total. The predicted octanol–water partition coefficient (Wildman–Crippen LogP) is 4.42. The number of unbranched alkanes of at least 4 members (excludes halogenated alkanes) is 9. The summed E-state index contributed by atoms with van der Waals surface area (Å²) in [6.45, 7) is 4.03. The van der Waals surface area contributed by atoms with Crippen molar-refractivity contribution in [1.82, 2.24) is 6.15 Å². The van der Waals surface area contributed by atoms with Crippen LogP contribution in [0.15, 0.2) is 0 Å². The lowest BCUT2D eigenvalue weighted by molar-refractivity contribution is -0.415. The van der Waals surface area contributed by atoms with Gasteiger partial charge in [-0.1, -0.05) is 84.5 Å². The molecule has 0 aliphatic rings. The molecule has 0 radical (unpaired) electrons. The summed E-state index contributed by atoms with van der Waals surface area (Å²) in [5.41, 5.74) is 0. The predicted molar refractivity (Wildman–Crippen MR) is 71.9 cm³/mol. The zero-order valence-electron chi connectivity index (χ0n) is 11.8. The molecule has 0 saturated heterocycles. The van der Waals surface area contributed by atoms with E-state index >= 15 is 0 Å². The second-order valence-electron chi connectivity index (χ2n) is 4.78. The lowest BCUT2D eigenvalue weighted by Crippen LogP contribution is -2.19. The fourth-order valence-corrected chi connectivity index (χ4v) is 1.92. The molecule has 2 heteroatoms. The van der Waals surface area contributed by atoms with Crippen LogP contribution in [0, 0.1) is 0 Å². The molecule has 0 amide bonds. The van der Waals surface area contributed by atoms with Gasteiger partial charge in [-0.05, 0) is 0 Å². The highest BCUT2D eigenvalue weighted by molar-refractivity contribution is 4.49. The van der Waals surface area contributed by atoms with Gasteiger partial charge in [-0.15, -0.1) is 6.10 Å². The molecule has 100 valence electrons. The van der Waals surface area contributed by atoms with Crippen molar-refractivity contribution in [3.63, 3.8) is 0 Å². The molecule has 0 rings (SSSR count). The summed E-state index contributed by atoms with van der Waals surface area (Å²) in [5, 5.41) is 10.8. The van der Waals surface area contributed by atoms with Crippen molar-refractivity contribution in [3.8, 4) is 0 Å². The van der Waals surface area contributed by atoms with Crippen LogP contribution in [-0.2, 0) is 0 Å². The summed E-state index contributed by atoms with van der Waals surface area (Å²) >= 11 is 0. The minimum Gasteiger partial charge on any atom is -0.852 e. The number of quaternary nitrogens is 1. The van der Waals surface area contributed by atoms with Gasteiger partial charge >= 0.3 is 0 Å². The summed E-state index contributed by atoms with van der Waals surface area (Å²) < 4.78 is 0. The first-order valence-corrected chi connectivity index (χ1v) is 6.93. The Morgan fingerprint density at radius 2 is 1.12 bits per heavy atom. The van der Waals surface area contributed by atoms with Crippen molar-refractivity contribution in [1.29, 1.82) is 0 Å². The van der Waals surface area contributed by atoms with E-state index < -0.39 is 0 Å². The lowest BCUT2D eigenvalue weighted by Gasteiger charge is -2.14. The van der Waals surface area contributed by atoms with Crippen molar-refractivity contribution >= 4 is 0 Å². The third-order valence-electron chi connectivity index (χ3n) is 2.96. The summed E-state index contributed by atoms with van der Waals surface area (Å²) in [5.74, 6) is 0. The van der Waals surface area contributed by atoms with Gasteiger partial charge in [0.25, 0.3) is 0 Å². The topological polar surface area (TPSA) is 59.6 Å². The molecule has 0 heterocycles. The zero-order valence-corrected chi connectivity index (χ0v) is 11.8. The molecule has 0 aromatic heterocycles. The van der Waals surface area contributed by atoms with Crippen LogP contribution in [0.3, 0.4) is 0 Å². The van der Waals surface area contributed by atoms with Crippen molar-refractivity contribution in [2.75, 3.05) is 0 Å². The maximum atomic E-state index is 10.8. The van der Waals surface area contributed by atoms with Gasteiger partial charge < -0.3 is 11.3 Å². The standard InChI is InChI=1S/C14H29O.H3N/c1-3-4-5-6-7-8-9-10-11-12-13-14(2)15;/h14H,3-13H2,1-2H3;1H3/q-1;/p+1. The molecular weight excluding hydrogens is 198 g/mol. The molecule has 2 nitrogen and oxygen atoms in total. The Labute approximate surface area is 102 Å². The number of hydrogen-bond acceptors (Lipinski definition) is 1. The molecule has 0 bridgehead atoms. The monoisotopic (exact) mass is 231 g/mol. The maximum Gasteiger partial charge on any atom is -0.0533 e. The molecule has 0 aliphatic heterocycles. The Morgan fingerprint density at radius 1 is 0.750 bits per heavy atom. The van der Waals surface area contributed by atoms with Crippen molar-refractivity contribution in [2.45, 2.75) is 90.6 Å². The van der Waals surface area contributed by atoms with Crippen molar-refractivity contribution in [2.24, 2.45) is 0 Å². The van der Waals surface area contributed by atoms with Crippen LogP contribution in [0.25, 0.3) is 0 Å². The van der Waals surface area contributed by atoms with E-state index in [1.807, 2.05) is 0 Å². The SMILES string of the molecule is CCCCCCCCCCCCC(C)[O-].[NH4+]. The van der Waals surface area contributed by atoms with Gasteiger partial charge in [0.2, 0.25) is 0 Å². The van der Waals surface area contributed by atoms with Gasteiger partial charge in [0, 0.05) is 0 Å². The highest BCUT2D eigenvalue weighted by atomic mass is 16.3. The largest absolute Gasteiger partial charge is 0.852 e. The van der Waals surface area contributed by atoms with Gasteiger partial charge in [-0.25, -0.2) is 0 Å². The van der Waals surface area contributed by atoms with Gasteiger partial charge in [0.05, 0.1) is 0 Å². The van der Waals surface area contributed by atoms with Crippen LogP contribution >= 0.6 is 0 Å². The summed E-state index contributed by atoms with van der Waals surface area (Å²) in [6.07, 6.45) is 14.0. The third-order valence-corrected chi connectivity index (χ3v) is 2.96. The van der Waals surface area contributed by atoms with Crippen LogP contribution in [0.5, 0.6) is 0 Å². The molecule has 0 aromatic carbocycles. The molecule has 1 atom stereocenters. The second kappa shape index (κ2) is 14.9. The fourth-order valence-electron chi connectivity index (χ4n) is 1.92. The summed E-state index contributed by atoms with van der Waals surface area (Å²) in [6, 6.07) is 0. The van der Waals surface area contributed by atoms with E-state index in [0.29, 0.717) is 0 Å². The van der Waals surface area contributed by atoms with Crippen LogP contribution in [0.2, 0.25) is 0 Å². The molecule has 0 fully saturated rings. The van der Waals surface area contributed by atoms with E-state index in [9.17, 15) is 5.11 Å². The molecule has 0 aliphatic carbocycles. The van der Waals surface area contributed by atoms with Gasteiger partial charge in [0.1, 0.15) is 0 Å². The Morgan fingerprint density at radius 3 is 1.50 bits per heavy atom. The van der Waals surface area contributed by atoms with E-state index in [2.05, 4.69) is 6.92 Å². The quantitative estimate of drug-likeness (QED) is 0.526. The smallest absolute Gasteiger partial charge is 0.0533 e. The molecule has 0 saturated carbocycles. The van der Waals surface area contributed by atoms with Gasteiger partial charge in [0.15, 0.2) is 0 Å². The first-order valence-electron chi connectivity index (χ1n) is 6.93. The maximum absolute atomic E-state index is 10.8. The van der Waals surface area contributed by atoms with Crippen molar-refractivity contribution < 1.29 is 5.11 Å². The summed E-state index contributed by atoms with van der Waals surface area (Å²) in [7, 11) is 0. The van der Waals surface area contributed by atoms with E-state index in [1.54, 1.807) is 6.92 Å². The minimum absolute atomic E-state index is 0. The fraction of sp³-hybridized carbons (Fsp3) is 1.00. The Hall–Kier alpha value is -0.0800.